The smallest absolute Gasteiger partial charge is 0.255 e. The molecular formula is C31H34Cl3N3O3S. The summed E-state index contributed by atoms with van der Waals surface area (Å²) in [6, 6.07) is 12.2. The van der Waals surface area contributed by atoms with Gasteiger partial charge in [-0.2, -0.15) is 0 Å². The molecule has 1 heterocycles. The topological polar surface area (TPSA) is 78.5 Å². The Morgan fingerprint density at radius 2 is 1.80 bits per heavy atom. The van der Waals surface area contributed by atoms with Gasteiger partial charge < -0.3 is 15.5 Å². The van der Waals surface area contributed by atoms with Crippen molar-refractivity contribution in [1.82, 2.24) is 15.5 Å². The third-order valence-electron chi connectivity index (χ3n) is 7.39. The summed E-state index contributed by atoms with van der Waals surface area (Å²) in [5.41, 5.74) is 3.96. The molecule has 1 fully saturated rings. The standard InChI is InChI=1S/C31H34Cl3N3O3S/c1-20-6-3-10-25(41(2)40)18-27(36-31(39)22-7-4-9-24(32)17-22)30(20)37-14-12-21(13-15-37)16-28(38)35-19-23-8-5-11-26(33)29(23)34/h4-5,7-11,17-18,21H,3,6,12-16,19H2,1-2H3,(H,35,38)(H,36,39). The van der Waals surface area contributed by atoms with E-state index < -0.39 is 10.8 Å². The Balaban J connectivity index is 1.45. The van der Waals surface area contributed by atoms with Gasteiger partial charge in [0.15, 0.2) is 0 Å². The second-order valence-electron chi connectivity index (χ2n) is 10.4. The zero-order chi connectivity index (χ0) is 29.5. The number of hydrogen-bond donors (Lipinski definition) is 2. The largest absolute Gasteiger partial charge is 0.370 e. The third kappa shape index (κ3) is 8.48. The molecular weight excluding hydrogens is 601 g/mol. The van der Waals surface area contributed by atoms with Crippen molar-refractivity contribution in [3.63, 3.8) is 0 Å². The van der Waals surface area contributed by atoms with Crippen molar-refractivity contribution in [3.05, 3.63) is 103 Å². The Hall–Kier alpha value is -2.58. The molecule has 2 aromatic rings. The van der Waals surface area contributed by atoms with Crippen LogP contribution in [0.15, 0.2) is 76.5 Å². The maximum Gasteiger partial charge on any atom is 0.255 e. The number of allylic oxidation sites excluding steroid dienone is 3. The zero-order valence-corrected chi connectivity index (χ0v) is 26.2. The second kappa shape index (κ2) is 14.5. The number of halogens is 3. The lowest BCUT2D eigenvalue weighted by Crippen LogP contribution is -2.39. The SMILES string of the molecule is CC1=C(N2CCC(CC(=O)NCc3cccc(Cl)c3Cl)CC2)C(NC(=O)c2cccc(Cl)c2)=CC(S(C)=O)=CCC1. The van der Waals surface area contributed by atoms with E-state index >= 15 is 0 Å². The highest BCUT2D eigenvalue weighted by Gasteiger charge is 2.27. The summed E-state index contributed by atoms with van der Waals surface area (Å²) in [6.07, 6.45) is 9.10. The van der Waals surface area contributed by atoms with Gasteiger partial charge >= 0.3 is 0 Å². The van der Waals surface area contributed by atoms with E-state index in [1.54, 1.807) is 36.6 Å². The minimum Gasteiger partial charge on any atom is -0.370 e. The molecule has 0 bridgehead atoms. The molecule has 1 atom stereocenters. The van der Waals surface area contributed by atoms with Crippen LogP contribution in [0, 0.1) is 5.92 Å². The first-order chi connectivity index (χ1) is 19.6. The Kier molecular flexibility index (Phi) is 11.1. The predicted molar refractivity (Wildman–Crippen MR) is 168 cm³/mol. The number of hydrogen-bond acceptors (Lipinski definition) is 4. The minimum atomic E-state index is -1.21. The first-order valence-electron chi connectivity index (χ1n) is 13.6. The van der Waals surface area contributed by atoms with Crippen LogP contribution in [-0.4, -0.2) is 40.3 Å². The van der Waals surface area contributed by atoms with Gasteiger partial charge in [0, 0.05) is 58.6 Å². The van der Waals surface area contributed by atoms with Crippen LogP contribution in [-0.2, 0) is 22.1 Å². The maximum atomic E-state index is 13.2. The molecule has 41 heavy (non-hydrogen) atoms. The van der Waals surface area contributed by atoms with Crippen molar-refractivity contribution in [2.45, 2.75) is 45.6 Å². The fourth-order valence-electron chi connectivity index (χ4n) is 5.18. The molecule has 2 N–H and O–H groups in total. The normalized spacial score (nSPS) is 17.2. The summed E-state index contributed by atoms with van der Waals surface area (Å²) in [4.78, 5) is 28.9. The number of carbonyl (C=O) groups excluding carboxylic acids is 2. The van der Waals surface area contributed by atoms with Crippen molar-refractivity contribution < 1.29 is 13.8 Å². The number of piperidine rings is 1. The van der Waals surface area contributed by atoms with Crippen LogP contribution in [0.5, 0.6) is 0 Å². The number of amides is 2. The average molecular weight is 635 g/mol. The van der Waals surface area contributed by atoms with Gasteiger partial charge in [-0.3, -0.25) is 13.8 Å². The van der Waals surface area contributed by atoms with Crippen LogP contribution in [0.1, 0.15) is 54.9 Å². The van der Waals surface area contributed by atoms with Crippen LogP contribution in [0.3, 0.4) is 0 Å². The highest BCUT2D eigenvalue weighted by Crippen LogP contribution is 2.31. The van der Waals surface area contributed by atoms with E-state index in [2.05, 4.69) is 22.5 Å². The molecule has 0 radical (unpaired) electrons. The van der Waals surface area contributed by atoms with E-state index in [0.717, 1.165) is 55.6 Å². The molecule has 2 aromatic carbocycles. The van der Waals surface area contributed by atoms with E-state index in [-0.39, 0.29) is 17.7 Å². The van der Waals surface area contributed by atoms with Gasteiger partial charge in [0.25, 0.3) is 5.91 Å². The molecule has 10 heteroatoms. The monoisotopic (exact) mass is 633 g/mol. The molecule has 218 valence electrons. The van der Waals surface area contributed by atoms with Crippen LogP contribution < -0.4 is 10.6 Å². The highest BCUT2D eigenvalue weighted by atomic mass is 35.5. The van der Waals surface area contributed by atoms with E-state index in [1.807, 2.05) is 24.3 Å². The molecule has 1 saturated heterocycles. The number of benzene rings is 2. The maximum absolute atomic E-state index is 13.2. The van der Waals surface area contributed by atoms with Gasteiger partial charge in [0.2, 0.25) is 5.91 Å². The van der Waals surface area contributed by atoms with Crippen LogP contribution in [0.25, 0.3) is 0 Å². The fraction of sp³-hybridized carbons (Fsp3) is 0.355. The lowest BCUT2D eigenvalue weighted by Gasteiger charge is -2.37. The minimum absolute atomic E-state index is 0.0181. The summed E-state index contributed by atoms with van der Waals surface area (Å²) < 4.78 is 12.5. The lowest BCUT2D eigenvalue weighted by molar-refractivity contribution is -0.122. The second-order valence-corrected chi connectivity index (χ2v) is 13.0. The molecule has 1 unspecified atom stereocenters. The fourth-order valence-corrected chi connectivity index (χ4v) is 6.40. The molecule has 6 nitrogen and oxygen atoms in total. The van der Waals surface area contributed by atoms with Gasteiger partial charge in [0.1, 0.15) is 0 Å². The van der Waals surface area contributed by atoms with Crippen LogP contribution in [0.4, 0.5) is 0 Å². The molecule has 1 aliphatic heterocycles. The Morgan fingerprint density at radius 1 is 1.07 bits per heavy atom. The summed E-state index contributed by atoms with van der Waals surface area (Å²) in [6.45, 7) is 3.89. The summed E-state index contributed by atoms with van der Waals surface area (Å²) in [5, 5.41) is 7.46. The van der Waals surface area contributed by atoms with Crippen molar-refractivity contribution >= 4 is 57.4 Å². The first kappa shape index (κ1) is 31.4. The van der Waals surface area contributed by atoms with Gasteiger partial charge in [-0.25, -0.2) is 0 Å². The Morgan fingerprint density at radius 3 is 2.51 bits per heavy atom. The molecule has 0 aromatic heterocycles. The van der Waals surface area contributed by atoms with Crippen molar-refractivity contribution in [2.24, 2.45) is 5.92 Å². The molecule has 1 aliphatic carbocycles. The molecule has 0 saturated carbocycles. The third-order valence-corrected chi connectivity index (χ3v) is 9.43. The molecule has 4 rings (SSSR count). The van der Waals surface area contributed by atoms with E-state index in [0.29, 0.717) is 44.2 Å². The zero-order valence-electron chi connectivity index (χ0n) is 23.1. The molecule has 2 aliphatic rings. The van der Waals surface area contributed by atoms with Gasteiger partial charge in [-0.05, 0) is 80.0 Å². The van der Waals surface area contributed by atoms with E-state index in [1.165, 1.54) is 0 Å². The summed E-state index contributed by atoms with van der Waals surface area (Å²) in [5.74, 6) is -0.0599. The van der Waals surface area contributed by atoms with Crippen molar-refractivity contribution in [3.8, 4) is 0 Å². The van der Waals surface area contributed by atoms with Crippen LogP contribution >= 0.6 is 34.8 Å². The molecule has 2 amide bonds. The van der Waals surface area contributed by atoms with Gasteiger partial charge in [-0.15, -0.1) is 0 Å². The summed E-state index contributed by atoms with van der Waals surface area (Å²) >= 11 is 18.5. The Bertz CT molecular complexity index is 1430. The lowest BCUT2D eigenvalue weighted by atomic mass is 9.91. The average Bonchev–Trinajstić information content (AvgIpc) is 2.93. The van der Waals surface area contributed by atoms with Crippen molar-refractivity contribution in [1.29, 1.82) is 0 Å². The van der Waals surface area contributed by atoms with Crippen LogP contribution in [0.2, 0.25) is 15.1 Å². The predicted octanol–water partition coefficient (Wildman–Crippen LogP) is 7.01. The van der Waals surface area contributed by atoms with Gasteiger partial charge in [-0.1, -0.05) is 59.1 Å². The Labute approximate surface area is 259 Å². The quantitative estimate of drug-likeness (QED) is 0.328. The van der Waals surface area contributed by atoms with Crippen molar-refractivity contribution in [2.75, 3.05) is 19.3 Å². The number of nitrogens with one attached hydrogen (secondary N) is 2. The highest BCUT2D eigenvalue weighted by molar-refractivity contribution is 7.88. The number of rotatable bonds is 8. The van der Waals surface area contributed by atoms with Gasteiger partial charge in [0.05, 0.1) is 21.4 Å². The number of likely N-dealkylation sites (tertiary alicyclic amines) is 1. The molecule has 0 spiro atoms. The number of carbonyl (C=O) groups is 2. The van der Waals surface area contributed by atoms with E-state index in [4.69, 9.17) is 34.8 Å². The number of nitrogens with zero attached hydrogens (tertiary/aromatic N) is 1. The van der Waals surface area contributed by atoms with E-state index in [9.17, 15) is 13.8 Å². The first-order valence-corrected chi connectivity index (χ1v) is 16.3. The summed E-state index contributed by atoms with van der Waals surface area (Å²) in [7, 11) is -1.21.